The molecule has 114 valence electrons. The lowest BCUT2D eigenvalue weighted by atomic mass is 10.0. The highest BCUT2D eigenvalue weighted by Gasteiger charge is 2.36. The minimum atomic E-state index is -0.962. The van der Waals surface area contributed by atoms with Gasteiger partial charge in [0.05, 0.1) is 12.7 Å². The average molecular weight is 292 g/mol. The number of rotatable bonds is 9. The molecule has 1 aliphatic heterocycles. The van der Waals surface area contributed by atoms with Crippen molar-refractivity contribution in [3.8, 4) is 0 Å². The standard InChI is InChI=1S/C14H28O4S/c1-2-3-4-5-6-7-8-19-13-9-11(16)14(17)12(10-15)18-13/h11-17H,2-10H2,1H3/t11-,12+,13-,14+/m0/s1. The minimum Gasteiger partial charge on any atom is -0.394 e. The number of hydrogen-bond acceptors (Lipinski definition) is 5. The van der Waals surface area contributed by atoms with Crippen LogP contribution in [0.2, 0.25) is 0 Å². The zero-order valence-corrected chi connectivity index (χ0v) is 12.6. The quantitative estimate of drug-likeness (QED) is 0.566. The molecule has 1 heterocycles. The SMILES string of the molecule is CCCCCCCCS[C@H]1C[C@H](O)[C@@H](O)[C@@H](CO)O1. The van der Waals surface area contributed by atoms with Crippen LogP contribution in [0.15, 0.2) is 0 Å². The maximum atomic E-state index is 9.69. The molecule has 0 aromatic carbocycles. The van der Waals surface area contributed by atoms with E-state index in [2.05, 4.69) is 6.92 Å². The smallest absolute Gasteiger partial charge is 0.110 e. The van der Waals surface area contributed by atoms with E-state index in [-0.39, 0.29) is 12.0 Å². The monoisotopic (exact) mass is 292 g/mol. The summed E-state index contributed by atoms with van der Waals surface area (Å²) in [6.45, 7) is 1.97. The molecule has 4 nitrogen and oxygen atoms in total. The summed E-state index contributed by atoms with van der Waals surface area (Å²) in [5.74, 6) is 1.01. The van der Waals surface area contributed by atoms with Crippen LogP contribution < -0.4 is 0 Å². The molecule has 0 amide bonds. The number of aliphatic hydroxyl groups is 3. The van der Waals surface area contributed by atoms with Gasteiger partial charge in [-0.05, 0) is 12.2 Å². The number of aliphatic hydroxyl groups excluding tert-OH is 3. The van der Waals surface area contributed by atoms with E-state index in [1.54, 1.807) is 11.8 Å². The summed E-state index contributed by atoms with van der Waals surface area (Å²) in [7, 11) is 0. The topological polar surface area (TPSA) is 69.9 Å². The molecule has 1 rings (SSSR count). The van der Waals surface area contributed by atoms with Gasteiger partial charge in [-0.1, -0.05) is 39.0 Å². The summed E-state index contributed by atoms with van der Waals surface area (Å²) in [5, 5.41) is 28.4. The third kappa shape index (κ3) is 6.45. The first kappa shape index (κ1) is 17.2. The highest BCUT2D eigenvalue weighted by Crippen LogP contribution is 2.28. The van der Waals surface area contributed by atoms with Gasteiger partial charge in [0.2, 0.25) is 0 Å². The van der Waals surface area contributed by atoms with E-state index in [9.17, 15) is 10.2 Å². The maximum Gasteiger partial charge on any atom is 0.110 e. The Balaban J connectivity index is 2.09. The van der Waals surface area contributed by atoms with Gasteiger partial charge in [0, 0.05) is 6.42 Å². The van der Waals surface area contributed by atoms with Gasteiger partial charge >= 0.3 is 0 Å². The van der Waals surface area contributed by atoms with Crippen LogP contribution in [0.3, 0.4) is 0 Å². The fourth-order valence-electron chi connectivity index (χ4n) is 2.27. The molecule has 1 fully saturated rings. The highest BCUT2D eigenvalue weighted by molar-refractivity contribution is 7.99. The fraction of sp³-hybridized carbons (Fsp3) is 1.00. The molecule has 0 aromatic rings. The Labute approximate surface area is 120 Å². The third-order valence-corrected chi connectivity index (χ3v) is 4.72. The van der Waals surface area contributed by atoms with Crippen LogP contribution in [-0.2, 0) is 4.74 Å². The Morgan fingerprint density at radius 3 is 2.47 bits per heavy atom. The lowest BCUT2D eigenvalue weighted by Crippen LogP contribution is -2.49. The number of thioether (sulfide) groups is 1. The summed E-state index contributed by atoms with van der Waals surface area (Å²) in [6.07, 6.45) is 5.66. The van der Waals surface area contributed by atoms with Crippen molar-refractivity contribution in [3.63, 3.8) is 0 Å². The molecule has 3 N–H and O–H groups in total. The van der Waals surface area contributed by atoms with E-state index in [0.717, 1.165) is 12.2 Å². The van der Waals surface area contributed by atoms with E-state index >= 15 is 0 Å². The Morgan fingerprint density at radius 1 is 1.11 bits per heavy atom. The Hall–Kier alpha value is 0.190. The van der Waals surface area contributed by atoms with Gasteiger partial charge in [0.15, 0.2) is 0 Å². The molecule has 0 aromatic heterocycles. The molecule has 0 aliphatic carbocycles. The number of hydrogen-bond donors (Lipinski definition) is 3. The van der Waals surface area contributed by atoms with Crippen LogP contribution in [0.4, 0.5) is 0 Å². The second kappa shape index (κ2) is 10.00. The van der Waals surface area contributed by atoms with Gasteiger partial charge in [0.1, 0.15) is 17.6 Å². The molecular weight excluding hydrogens is 264 g/mol. The van der Waals surface area contributed by atoms with Crippen molar-refractivity contribution < 1.29 is 20.1 Å². The molecule has 0 unspecified atom stereocenters. The van der Waals surface area contributed by atoms with Crippen LogP contribution in [-0.4, -0.2) is 51.4 Å². The largest absolute Gasteiger partial charge is 0.394 e. The Bertz CT molecular complexity index is 227. The average Bonchev–Trinajstić information content (AvgIpc) is 2.41. The van der Waals surface area contributed by atoms with Crippen LogP contribution in [0.5, 0.6) is 0 Å². The summed E-state index contributed by atoms with van der Waals surface area (Å²) < 4.78 is 5.57. The van der Waals surface area contributed by atoms with Crippen molar-refractivity contribution in [3.05, 3.63) is 0 Å². The molecule has 0 bridgehead atoms. The lowest BCUT2D eigenvalue weighted by molar-refractivity contribution is -0.157. The van der Waals surface area contributed by atoms with Gasteiger partial charge in [-0.2, -0.15) is 0 Å². The first-order valence-electron chi connectivity index (χ1n) is 7.43. The predicted octanol–water partition coefficient (Wildman–Crippen LogP) is 1.91. The highest BCUT2D eigenvalue weighted by atomic mass is 32.2. The van der Waals surface area contributed by atoms with Crippen LogP contribution >= 0.6 is 11.8 Å². The second-order valence-electron chi connectivity index (χ2n) is 5.22. The van der Waals surface area contributed by atoms with Crippen LogP contribution in [0.1, 0.15) is 51.9 Å². The van der Waals surface area contributed by atoms with Crippen LogP contribution in [0.25, 0.3) is 0 Å². The summed E-state index contributed by atoms with van der Waals surface area (Å²) >= 11 is 1.68. The predicted molar refractivity (Wildman–Crippen MR) is 78.2 cm³/mol. The van der Waals surface area contributed by atoms with E-state index in [0.29, 0.717) is 6.42 Å². The molecule has 19 heavy (non-hydrogen) atoms. The first-order chi connectivity index (χ1) is 9.19. The summed E-state index contributed by atoms with van der Waals surface area (Å²) in [6, 6.07) is 0. The lowest BCUT2D eigenvalue weighted by Gasteiger charge is -2.36. The van der Waals surface area contributed by atoms with Crippen molar-refractivity contribution in [2.75, 3.05) is 12.4 Å². The van der Waals surface area contributed by atoms with E-state index in [1.807, 2.05) is 0 Å². The molecular formula is C14H28O4S. The molecule has 0 saturated carbocycles. The Morgan fingerprint density at radius 2 is 1.79 bits per heavy atom. The minimum absolute atomic E-state index is 0.105. The maximum absolute atomic E-state index is 9.69. The molecule has 4 atom stereocenters. The molecule has 5 heteroatoms. The van der Waals surface area contributed by atoms with Gasteiger partial charge in [-0.15, -0.1) is 11.8 Å². The summed E-state index contributed by atoms with van der Waals surface area (Å²) in [4.78, 5) is 0. The zero-order valence-electron chi connectivity index (χ0n) is 11.8. The summed E-state index contributed by atoms with van der Waals surface area (Å²) in [5.41, 5.74) is -0.105. The van der Waals surface area contributed by atoms with Gasteiger partial charge in [-0.25, -0.2) is 0 Å². The van der Waals surface area contributed by atoms with E-state index in [4.69, 9.17) is 9.84 Å². The van der Waals surface area contributed by atoms with Gasteiger partial charge < -0.3 is 20.1 Å². The van der Waals surface area contributed by atoms with E-state index < -0.39 is 18.3 Å². The van der Waals surface area contributed by atoms with Crippen molar-refractivity contribution in [1.82, 2.24) is 0 Å². The fourth-order valence-corrected chi connectivity index (χ4v) is 3.46. The molecule has 0 spiro atoms. The Kier molecular flexibility index (Phi) is 9.07. The van der Waals surface area contributed by atoms with Crippen molar-refractivity contribution in [1.29, 1.82) is 0 Å². The van der Waals surface area contributed by atoms with Crippen molar-refractivity contribution >= 4 is 11.8 Å². The number of ether oxygens (including phenoxy) is 1. The van der Waals surface area contributed by atoms with Crippen molar-refractivity contribution in [2.45, 2.75) is 75.6 Å². The molecule has 1 saturated heterocycles. The number of unbranched alkanes of at least 4 members (excludes halogenated alkanes) is 5. The molecule has 1 aliphatic rings. The van der Waals surface area contributed by atoms with Gasteiger partial charge in [-0.3, -0.25) is 0 Å². The van der Waals surface area contributed by atoms with Crippen LogP contribution in [0, 0.1) is 0 Å². The van der Waals surface area contributed by atoms with Crippen molar-refractivity contribution in [2.24, 2.45) is 0 Å². The first-order valence-corrected chi connectivity index (χ1v) is 8.48. The zero-order chi connectivity index (χ0) is 14.1. The van der Waals surface area contributed by atoms with E-state index in [1.165, 1.54) is 32.1 Å². The molecule has 0 radical (unpaired) electrons. The van der Waals surface area contributed by atoms with Gasteiger partial charge in [0.25, 0.3) is 0 Å². The second-order valence-corrected chi connectivity index (χ2v) is 6.49. The third-order valence-electron chi connectivity index (χ3n) is 3.52. The normalized spacial score (nSPS) is 31.6.